The SMILES string of the molecule is CSCC[C@@H](NC(=O)c1ccccc1)C(=O)OCC(=O)NCc1ccccc1. The largest absolute Gasteiger partial charge is 0.454 e. The van der Waals surface area contributed by atoms with Gasteiger partial charge >= 0.3 is 5.97 Å². The Hall–Kier alpha value is -2.80. The molecule has 0 aliphatic carbocycles. The molecule has 6 nitrogen and oxygen atoms in total. The smallest absolute Gasteiger partial charge is 0.329 e. The van der Waals surface area contributed by atoms with Crippen LogP contribution in [-0.4, -0.2) is 42.4 Å². The highest BCUT2D eigenvalue weighted by molar-refractivity contribution is 7.98. The van der Waals surface area contributed by atoms with Gasteiger partial charge in [0.2, 0.25) is 0 Å². The van der Waals surface area contributed by atoms with E-state index in [0.29, 0.717) is 24.3 Å². The number of amides is 2. The summed E-state index contributed by atoms with van der Waals surface area (Å²) >= 11 is 1.56. The van der Waals surface area contributed by atoms with Crippen LogP contribution in [0, 0.1) is 0 Å². The molecule has 0 radical (unpaired) electrons. The van der Waals surface area contributed by atoms with Gasteiger partial charge in [0.15, 0.2) is 6.61 Å². The molecular formula is C21H24N2O4S. The van der Waals surface area contributed by atoms with Gasteiger partial charge < -0.3 is 15.4 Å². The number of carbonyl (C=O) groups is 3. The number of benzene rings is 2. The van der Waals surface area contributed by atoms with Gasteiger partial charge in [-0.3, -0.25) is 9.59 Å². The third kappa shape index (κ3) is 7.44. The van der Waals surface area contributed by atoms with Crippen LogP contribution in [0.15, 0.2) is 60.7 Å². The van der Waals surface area contributed by atoms with Crippen LogP contribution in [0.3, 0.4) is 0 Å². The number of nitrogens with one attached hydrogen (secondary N) is 2. The first-order chi connectivity index (χ1) is 13.6. The van der Waals surface area contributed by atoms with E-state index in [2.05, 4.69) is 10.6 Å². The summed E-state index contributed by atoms with van der Waals surface area (Å²) in [4.78, 5) is 36.6. The zero-order valence-electron chi connectivity index (χ0n) is 15.7. The van der Waals surface area contributed by atoms with E-state index in [-0.39, 0.29) is 12.5 Å². The number of esters is 1. The third-order valence-electron chi connectivity index (χ3n) is 3.91. The molecule has 2 aromatic carbocycles. The molecule has 0 bridgehead atoms. The number of rotatable bonds is 10. The average Bonchev–Trinajstić information content (AvgIpc) is 2.74. The molecule has 0 saturated heterocycles. The van der Waals surface area contributed by atoms with Crippen molar-refractivity contribution in [3.8, 4) is 0 Å². The van der Waals surface area contributed by atoms with Crippen molar-refractivity contribution in [3.63, 3.8) is 0 Å². The van der Waals surface area contributed by atoms with E-state index in [4.69, 9.17) is 4.74 Å². The lowest BCUT2D eigenvalue weighted by Crippen LogP contribution is -2.43. The lowest BCUT2D eigenvalue weighted by Gasteiger charge is -2.17. The van der Waals surface area contributed by atoms with Crippen molar-refractivity contribution in [1.29, 1.82) is 0 Å². The molecule has 1 atom stereocenters. The summed E-state index contributed by atoms with van der Waals surface area (Å²) in [5, 5.41) is 5.39. The summed E-state index contributed by atoms with van der Waals surface area (Å²) in [6.45, 7) is -0.0273. The number of carbonyl (C=O) groups excluding carboxylic acids is 3. The Balaban J connectivity index is 1.84. The lowest BCUT2D eigenvalue weighted by molar-refractivity contribution is -0.150. The molecule has 0 aliphatic heterocycles. The molecule has 2 amide bonds. The maximum atomic E-state index is 12.4. The minimum Gasteiger partial charge on any atom is -0.454 e. The lowest BCUT2D eigenvalue weighted by atomic mass is 10.1. The predicted molar refractivity (Wildman–Crippen MR) is 110 cm³/mol. The molecule has 28 heavy (non-hydrogen) atoms. The van der Waals surface area contributed by atoms with E-state index < -0.39 is 17.9 Å². The zero-order chi connectivity index (χ0) is 20.2. The van der Waals surface area contributed by atoms with Crippen LogP contribution in [0.5, 0.6) is 0 Å². The molecule has 0 aromatic heterocycles. The molecule has 0 fully saturated rings. The standard InChI is InChI=1S/C21H24N2O4S/c1-28-13-12-18(23-20(25)17-10-6-3-7-11-17)21(26)27-15-19(24)22-14-16-8-4-2-5-9-16/h2-11,18H,12-15H2,1H3,(H,22,24)(H,23,25)/t18-/m1/s1. The molecule has 0 aliphatic rings. The van der Waals surface area contributed by atoms with Gasteiger partial charge in [0.25, 0.3) is 11.8 Å². The first-order valence-corrected chi connectivity index (χ1v) is 10.3. The number of hydrogen-bond acceptors (Lipinski definition) is 5. The minimum atomic E-state index is -0.804. The monoisotopic (exact) mass is 400 g/mol. The third-order valence-corrected chi connectivity index (χ3v) is 4.56. The Bertz CT molecular complexity index is 768. The minimum absolute atomic E-state index is 0.350. The Morgan fingerprint density at radius 2 is 1.64 bits per heavy atom. The van der Waals surface area contributed by atoms with Gasteiger partial charge in [-0.05, 0) is 36.1 Å². The maximum absolute atomic E-state index is 12.4. The topological polar surface area (TPSA) is 84.5 Å². The van der Waals surface area contributed by atoms with E-state index >= 15 is 0 Å². The van der Waals surface area contributed by atoms with E-state index in [0.717, 1.165) is 5.56 Å². The van der Waals surface area contributed by atoms with Crippen LogP contribution in [-0.2, 0) is 20.9 Å². The Morgan fingerprint density at radius 3 is 2.29 bits per heavy atom. The highest BCUT2D eigenvalue weighted by Crippen LogP contribution is 2.06. The Labute approximate surface area is 169 Å². The fourth-order valence-corrected chi connectivity index (χ4v) is 2.87. The Morgan fingerprint density at radius 1 is 1.00 bits per heavy atom. The predicted octanol–water partition coefficient (Wildman–Crippen LogP) is 2.40. The summed E-state index contributed by atoms with van der Waals surface area (Å²) in [5.41, 5.74) is 1.42. The van der Waals surface area contributed by atoms with Crippen molar-refractivity contribution in [2.75, 3.05) is 18.6 Å². The van der Waals surface area contributed by atoms with E-state index in [1.165, 1.54) is 0 Å². The van der Waals surface area contributed by atoms with Crippen molar-refractivity contribution >= 4 is 29.5 Å². The fourth-order valence-electron chi connectivity index (χ4n) is 2.40. The van der Waals surface area contributed by atoms with Gasteiger partial charge in [-0.2, -0.15) is 11.8 Å². The van der Waals surface area contributed by atoms with Crippen LogP contribution in [0.2, 0.25) is 0 Å². The average molecular weight is 401 g/mol. The summed E-state index contributed by atoms with van der Waals surface area (Å²) in [6.07, 6.45) is 2.34. The number of ether oxygens (including phenoxy) is 1. The summed E-state index contributed by atoms with van der Waals surface area (Å²) < 4.78 is 5.11. The quantitative estimate of drug-likeness (QED) is 0.598. The summed E-state index contributed by atoms with van der Waals surface area (Å²) in [6, 6.07) is 17.3. The summed E-state index contributed by atoms with van der Waals surface area (Å²) in [5.74, 6) is -0.685. The molecule has 7 heteroatoms. The van der Waals surface area contributed by atoms with Gasteiger partial charge in [-0.25, -0.2) is 4.79 Å². The van der Waals surface area contributed by atoms with Gasteiger partial charge in [0.1, 0.15) is 6.04 Å². The zero-order valence-corrected chi connectivity index (χ0v) is 16.5. The van der Waals surface area contributed by atoms with E-state index in [9.17, 15) is 14.4 Å². The summed E-state index contributed by atoms with van der Waals surface area (Å²) in [7, 11) is 0. The van der Waals surface area contributed by atoms with Crippen LogP contribution < -0.4 is 10.6 Å². The van der Waals surface area contributed by atoms with Crippen molar-refractivity contribution in [2.24, 2.45) is 0 Å². The van der Waals surface area contributed by atoms with Crippen LogP contribution in [0.25, 0.3) is 0 Å². The molecule has 0 spiro atoms. The molecule has 0 heterocycles. The number of thioether (sulfide) groups is 1. The highest BCUT2D eigenvalue weighted by atomic mass is 32.2. The van der Waals surface area contributed by atoms with Crippen molar-refractivity contribution in [1.82, 2.24) is 10.6 Å². The van der Waals surface area contributed by atoms with Crippen LogP contribution in [0.4, 0.5) is 0 Å². The Kier molecular flexibility index (Phi) is 9.07. The van der Waals surface area contributed by atoms with Gasteiger partial charge in [0.05, 0.1) is 0 Å². The molecule has 2 rings (SSSR count). The van der Waals surface area contributed by atoms with Crippen molar-refractivity contribution in [2.45, 2.75) is 19.0 Å². The first-order valence-electron chi connectivity index (χ1n) is 8.92. The second kappa shape index (κ2) is 11.8. The second-order valence-electron chi connectivity index (χ2n) is 6.04. The molecule has 0 unspecified atom stereocenters. The van der Waals surface area contributed by atoms with Crippen molar-refractivity contribution < 1.29 is 19.1 Å². The fraction of sp³-hybridized carbons (Fsp3) is 0.286. The van der Waals surface area contributed by atoms with Gasteiger partial charge in [-0.1, -0.05) is 48.5 Å². The normalized spacial score (nSPS) is 11.3. The van der Waals surface area contributed by atoms with E-state index in [1.54, 1.807) is 36.0 Å². The maximum Gasteiger partial charge on any atom is 0.329 e. The second-order valence-corrected chi connectivity index (χ2v) is 7.03. The van der Waals surface area contributed by atoms with Gasteiger partial charge in [-0.15, -0.1) is 0 Å². The van der Waals surface area contributed by atoms with Gasteiger partial charge in [0, 0.05) is 12.1 Å². The van der Waals surface area contributed by atoms with Crippen LogP contribution in [0.1, 0.15) is 22.3 Å². The molecule has 148 valence electrons. The van der Waals surface area contributed by atoms with E-state index in [1.807, 2.05) is 42.7 Å². The van der Waals surface area contributed by atoms with Crippen molar-refractivity contribution in [3.05, 3.63) is 71.8 Å². The van der Waals surface area contributed by atoms with Crippen LogP contribution >= 0.6 is 11.8 Å². The molecule has 0 saturated carbocycles. The highest BCUT2D eigenvalue weighted by Gasteiger charge is 2.23. The molecule has 2 aromatic rings. The molecular weight excluding hydrogens is 376 g/mol. The number of hydrogen-bond donors (Lipinski definition) is 2. The first kappa shape index (κ1) is 21.5. The molecule has 2 N–H and O–H groups in total.